The first kappa shape index (κ1) is 18.5. The van der Waals surface area contributed by atoms with E-state index >= 15 is 0 Å². The van der Waals surface area contributed by atoms with Gasteiger partial charge in [0.2, 0.25) is 5.91 Å². The maximum Gasteiger partial charge on any atom is 0.391 e. The number of nitrogens with one attached hydrogen (secondary N) is 2. The molecule has 0 radical (unpaired) electrons. The summed E-state index contributed by atoms with van der Waals surface area (Å²) >= 11 is 0. The highest BCUT2D eigenvalue weighted by Gasteiger charge is 2.42. The number of H-pyrrole nitrogens is 1. The second-order valence-electron chi connectivity index (χ2n) is 6.70. The van der Waals surface area contributed by atoms with Gasteiger partial charge in [0.1, 0.15) is 0 Å². The van der Waals surface area contributed by atoms with Crippen molar-refractivity contribution in [2.45, 2.75) is 58.7 Å². The maximum atomic E-state index is 12.8. The summed E-state index contributed by atoms with van der Waals surface area (Å²) in [5, 5.41) is 2.66. The summed E-state index contributed by atoms with van der Waals surface area (Å²) < 4.78 is 38.4. The molecule has 1 heterocycles. The molecule has 1 aromatic heterocycles. The standard InChI is InChI=1S/C17H23F3N2O2/c1-10-6-11(2)22-16(24)14(10)9-21-15(23)8-12-4-3-5-13(7-12)17(18,19)20/h6,12-13H,3-5,7-9H2,1-2H3,(H,21,23)(H,22,24). The van der Waals surface area contributed by atoms with Gasteiger partial charge >= 0.3 is 6.18 Å². The van der Waals surface area contributed by atoms with Gasteiger partial charge in [0.05, 0.1) is 5.92 Å². The Labute approximate surface area is 138 Å². The molecular formula is C17H23F3N2O2. The minimum Gasteiger partial charge on any atom is -0.352 e. The molecule has 1 aromatic rings. The molecule has 0 bridgehead atoms. The molecule has 2 N–H and O–H groups in total. The molecule has 24 heavy (non-hydrogen) atoms. The van der Waals surface area contributed by atoms with Crippen molar-refractivity contribution >= 4 is 5.91 Å². The van der Waals surface area contributed by atoms with E-state index in [2.05, 4.69) is 10.3 Å². The number of carbonyl (C=O) groups is 1. The number of rotatable bonds is 4. The smallest absolute Gasteiger partial charge is 0.352 e. The van der Waals surface area contributed by atoms with Crippen molar-refractivity contribution in [1.82, 2.24) is 10.3 Å². The van der Waals surface area contributed by atoms with Crippen LogP contribution in [0.4, 0.5) is 13.2 Å². The summed E-state index contributed by atoms with van der Waals surface area (Å²) in [5.41, 5.74) is 1.76. The van der Waals surface area contributed by atoms with Crippen LogP contribution in [0.1, 0.15) is 48.9 Å². The van der Waals surface area contributed by atoms with E-state index in [0.717, 1.165) is 11.3 Å². The average molecular weight is 344 g/mol. The van der Waals surface area contributed by atoms with Crippen molar-refractivity contribution in [3.63, 3.8) is 0 Å². The zero-order chi connectivity index (χ0) is 17.9. The van der Waals surface area contributed by atoms with Crippen molar-refractivity contribution in [1.29, 1.82) is 0 Å². The molecule has 1 amide bonds. The predicted molar refractivity (Wildman–Crippen MR) is 84.5 cm³/mol. The van der Waals surface area contributed by atoms with Gasteiger partial charge < -0.3 is 10.3 Å². The van der Waals surface area contributed by atoms with Gasteiger partial charge in [-0.3, -0.25) is 9.59 Å². The van der Waals surface area contributed by atoms with Crippen LogP contribution in [-0.4, -0.2) is 17.1 Å². The summed E-state index contributed by atoms with van der Waals surface area (Å²) in [4.78, 5) is 26.6. The van der Waals surface area contributed by atoms with Gasteiger partial charge in [-0.05, 0) is 50.7 Å². The second kappa shape index (κ2) is 7.40. The molecular weight excluding hydrogens is 321 g/mol. The van der Waals surface area contributed by atoms with Crippen molar-refractivity contribution < 1.29 is 18.0 Å². The van der Waals surface area contributed by atoms with Gasteiger partial charge in [0, 0.05) is 24.2 Å². The Bertz CT molecular complexity index is 652. The summed E-state index contributed by atoms with van der Waals surface area (Å²) in [7, 11) is 0. The number of amides is 1. The van der Waals surface area contributed by atoms with Gasteiger partial charge in [0.15, 0.2) is 0 Å². The van der Waals surface area contributed by atoms with Crippen LogP contribution in [-0.2, 0) is 11.3 Å². The molecule has 2 atom stereocenters. The predicted octanol–water partition coefficient (Wildman–Crippen LogP) is 3.37. The lowest BCUT2D eigenvalue weighted by Gasteiger charge is -2.30. The summed E-state index contributed by atoms with van der Waals surface area (Å²) in [5.74, 6) is -1.85. The molecule has 134 valence electrons. The Morgan fingerprint density at radius 3 is 2.67 bits per heavy atom. The number of aromatic amines is 1. The number of halogens is 3. The molecule has 0 aliphatic heterocycles. The van der Waals surface area contributed by atoms with Crippen LogP contribution in [0, 0.1) is 25.7 Å². The Morgan fingerprint density at radius 1 is 1.33 bits per heavy atom. The van der Waals surface area contributed by atoms with E-state index < -0.39 is 12.1 Å². The molecule has 1 saturated carbocycles. The third kappa shape index (κ3) is 4.85. The van der Waals surface area contributed by atoms with E-state index in [4.69, 9.17) is 0 Å². The van der Waals surface area contributed by atoms with E-state index in [1.807, 2.05) is 6.07 Å². The lowest BCUT2D eigenvalue weighted by molar-refractivity contribution is -0.186. The third-order valence-corrected chi connectivity index (χ3v) is 4.68. The molecule has 2 unspecified atom stereocenters. The number of pyridine rings is 1. The SMILES string of the molecule is Cc1cc(C)c(CNC(=O)CC2CCCC(C(F)(F)F)C2)c(=O)[nH]1. The average Bonchev–Trinajstić information content (AvgIpc) is 2.45. The van der Waals surface area contributed by atoms with Crippen LogP contribution in [0.5, 0.6) is 0 Å². The lowest BCUT2D eigenvalue weighted by Crippen LogP contribution is -2.33. The van der Waals surface area contributed by atoms with Crippen molar-refractivity contribution in [3.8, 4) is 0 Å². The Kier molecular flexibility index (Phi) is 5.72. The fraction of sp³-hybridized carbons (Fsp3) is 0.647. The molecule has 1 aliphatic rings. The summed E-state index contributed by atoms with van der Waals surface area (Å²) in [6, 6.07) is 1.82. The Morgan fingerprint density at radius 2 is 2.04 bits per heavy atom. The molecule has 2 rings (SSSR count). The van der Waals surface area contributed by atoms with Gasteiger partial charge in [-0.2, -0.15) is 13.2 Å². The molecule has 7 heteroatoms. The number of aromatic nitrogens is 1. The van der Waals surface area contributed by atoms with Crippen LogP contribution in [0.3, 0.4) is 0 Å². The van der Waals surface area contributed by atoms with Crippen LogP contribution >= 0.6 is 0 Å². The van der Waals surface area contributed by atoms with Crippen molar-refractivity contribution in [3.05, 3.63) is 33.2 Å². The number of aryl methyl sites for hydroxylation is 2. The Hall–Kier alpha value is -1.79. The van der Waals surface area contributed by atoms with Crippen LogP contribution < -0.4 is 10.9 Å². The van der Waals surface area contributed by atoms with E-state index in [1.54, 1.807) is 13.8 Å². The molecule has 1 fully saturated rings. The van der Waals surface area contributed by atoms with Gasteiger partial charge in [0.25, 0.3) is 5.56 Å². The summed E-state index contributed by atoms with van der Waals surface area (Å²) in [6.07, 6.45) is -2.79. The largest absolute Gasteiger partial charge is 0.391 e. The summed E-state index contributed by atoms with van der Waals surface area (Å²) in [6.45, 7) is 3.66. The molecule has 0 spiro atoms. The van der Waals surface area contributed by atoms with Crippen LogP contribution in [0.15, 0.2) is 10.9 Å². The number of hydrogen-bond donors (Lipinski definition) is 2. The maximum absolute atomic E-state index is 12.8. The highest BCUT2D eigenvalue weighted by molar-refractivity contribution is 5.76. The number of carbonyl (C=O) groups excluding carboxylic acids is 1. The zero-order valence-electron chi connectivity index (χ0n) is 13.9. The van der Waals surface area contributed by atoms with E-state index in [9.17, 15) is 22.8 Å². The number of alkyl halides is 3. The Balaban J connectivity index is 1.89. The lowest BCUT2D eigenvalue weighted by atomic mass is 9.79. The minimum atomic E-state index is -4.18. The molecule has 0 saturated heterocycles. The first-order chi connectivity index (χ1) is 11.2. The van der Waals surface area contributed by atoms with E-state index in [0.29, 0.717) is 18.4 Å². The van der Waals surface area contributed by atoms with Gasteiger partial charge in [-0.25, -0.2) is 0 Å². The van der Waals surface area contributed by atoms with Crippen LogP contribution in [0.25, 0.3) is 0 Å². The minimum absolute atomic E-state index is 0.0149. The van der Waals surface area contributed by atoms with Crippen LogP contribution in [0.2, 0.25) is 0 Å². The molecule has 1 aliphatic carbocycles. The quantitative estimate of drug-likeness (QED) is 0.880. The zero-order valence-corrected chi connectivity index (χ0v) is 13.9. The topological polar surface area (TPSA) is 62.0 Å². The first-order valence-corrected chi connectivity index (χ1v) is 8.19. The highest BCUT2D eigenvalue weighted by atomic mass is 19.4. The van der Waals surface area contributed by atoms with E-state index in [1.165, 1.54) is 0 Å². The number of hydrogen-bond acceptors (Lipinski definition) is 2. The second-order valence-corrected chi connectivity index (χ2v) is 6.70. The van der Waals surface area contributed by atoms with E-state index in [-0.39, 0.29) is 43.2 Å². The third-order valence-electron chi connectivity index (χ3n) is 4.68. The fourth-order valence-electron chi connectivity index (χ4n) is 3.40. The first-order valence-electron chi connectivity index (χ1n) is 8.19. The van der Waals surface area contributed by atoms with Gasteiger partial charge in [-0.1, -0.05) is 6.42 Å². The normalized spacial score (nSPS) is 21.5. The van der Waals surface area contributed by atoms with Gasteiger partial charge in [-0.15, -0.1) is 0 Å². The molecule has 0 aromatic carbocycles. The highest BCUT2D eigenvalue weighted by Crippen LogP contribution is 2.40. The monoisotopic (exact) mass is 344 g/mol. The fourth-order valence-corrected chi connectivity index (χ4v) is 3.40. The molecule has 4 nitrogen and oxygen atoms in total. The van der Waals surface area contributed by atoms with Crippen molar-refractivity contribution in [2.24, 2.45) is 11.8 Å². The van der Waals surface area contributed by atoms with Crippen molar-refractivity contribution in [2.75, 3.05) is 0 Å².